The number of ether oxygens (including phenoxy) is 5. The summed E-state index contributed by atoms with van der Waals surface area (Å²) >= 11 is 0. The smallest absolute Gasteiger partial charge is 0.270 e. The predicted octanol–water partition coefficient (Wildman–Crippen LogP) is -1.19. The maximum atomic E-state index is 11.0. The van der Waals surface area contributed by atoms with Gasteiger partial charge in [0.05, 0.1) is 24.3 Å². The number of hydrogen-bond acceptors (Lipinski definition) is 13. The Morgan fingerprint density at radius 2 is 1.51 bits per heavy atom. The first-order chi connectivity index (χ1) is 19.5. The molecule has 0 spiro atoms. The molecule has 224 valence electrons. The van der Waals surface area contributed by atoms with E-state index in [-0.39, 0.29) is 34.3 Å². The summed E-state index contributed by atoms with van der Waals surface area (Å²) in [6.07, 6.45) is -14.7. The second kappa shape index (κ2) is 11.6. The summed E-state index contributed by atoms with van der Waals surface area (Å²) in [5.74, 6) is -0.264. The molecule has 2 fully saturated rings. The summed E-state index contributed by atoms with van der Waals surface area (Å²) in [7, 11) is 0. The van der Waals surface area contributed by atoms with E-state index in [9.17, 15) is 46.0 Å². The van der Waals surface area contributed by atoms with Crippen LogP contribution in [0.2, 0.25) is 0 Å². The third kappa shape index (κ3) is 5.66. The Bertz CT molecular complexity index is 1250. The number of benzene rings is 2. The number of fused-ring (bicyclic) bond motifs is 1. The highest BCUT2D eigenvalue weighted by Crippen LogP contribution is 2.45. The van der Waals surface area contributed by atoms with Gasteiger partial charge < -0.3 is 69.6 Å². The van der Waals surface area contributed by atoms with Crippen molar-refractivity contribution >= 4 is 6.08 Å². The van der Waals surface area contributed by atoms with Gasteiger partial charge >= 0.3 is 0 Å². The molecule has 0 amide bonds. The SMILES string of the molecule is CC1OC(OC2C(OC3=Cc4c(O)cc(O)cc4[OH+]C3c3ccc(O)cc3)OC(CO)C(O)C2O)C(O)C(O)C1O. The molecule has 2 aromatic carbocycles. The van der Waals surface area contributed by atoms with Crippen LogP contribution in [0.4, 0.5) is 0 Å². The van der Waals surface area contributed by atoms with Crippen LogP contribution < -0.4 is 0 Å². The van der Waals surface area contributed by atoms with E-state index in [1.165, 1.54) is 31.2 Å². The van der Waals surface area contributed by atoms with Crippen molar-refractivity contribution in [1.29, 1.82) is 0 Å². The lowest BCUT2D eigenvalue weighted by atomic mass is 9.97. The minimum Gasteiger partial charge on any atom is -0.571 e. The fraction of sp³-hybridized carbons (Fsp3) is 0.481. The maximum Gasteiger partial charge on any atom is 0.270 e. The lowest BCUT2D eigenvalue weighted by Crippen LogP contribution is -2.64. The van der Waals surface area contributed by atoms with Crippen LogP contribution in [0.15, 0.2) is 42.2 Å². The van der Waals surface area contributed by atoms with Gasteiger partial charge in [-0.1, -0.05) is 0 Å². The monoisotopic (exact) mass is 581 g/mol. The first-order valence-corrected chi connectivity index (χ1v) is 12.9. The summed E-state index contributed by atoms with van der Waals surface area (Å²) in [5.41, 5.74) is 0.712. The van der Waals surface area contributed by atoms with E-state index >= 15 is 0 Å². The molecule has 10 N–H and O–H groups in total. The number of phenolic OH excluding ortho intramolecular Hbond substituents is 3. The number of rotatable bonds is 6. The predicted molar refractivity (Wildman–Crippen MR) is 136 cm³/mol. The van der Waals surface area contributed by atoms with E-state index in [0.29, 0.717) is 5.56 Å². The summed E-state index contributed by atoms with van der Waals surface area (Å²) in [6, 6.07) is 8.43. The summed E-state index contributed by atoms with van der Waals surface area (Å²) in [5, 5.41) is 92.2. The Morgan fingerprint density at radius 1 is 0.805 bits per heavy atom. The van der Waals surface area contributed by atoms with Crippen molar-refractivity contribution in [3.05, 3.63) is 53.3 Å². The van der Waals surface area contributed by atoms with E-state index < -0.39 is 74.1 Å². The highest BCUT2D eigenvalue weighted by Gasteiger charge is 2.51. The van der Waals surface area contributed by atoms with Gasteiger partial charge in [-0.15, -0.1) is 0 Å². The molecule has 0 bridgehead atoms. The highest BCUT2D eigenvalue weighted by molar-refractivity contribution is 5.69. The zero-order valence-corrected chi connectivity index (χ0v) is 21.7. The molecule has 0 saturated carbocycles. The van der Waals surface area contributed by atoms with E-state index in [2.05, 4.69) is 4.74 Å². The largest absolute Gasteiger partial charge is 0.571 e. The topological polar surface area (TPSA) is 232 Å². The van der Waals surface area contributed by atoms with Gasteiger partial charge in [0, 0.05) is 12.1 Å². The third-order valence-corrected chi connectivity index (χ3v) is 7.33. The molecule has 14 nitrogen and oxygen atoms in total. The molecule has 0 radical (unpaired) electrons. The molecule has 3 heterocycles. The Labute approximate surface area is 233 Å². The van der Waals surface area contributed by atoms with Crippen molar-refractivity contribution in [3.63, 3.8) is 0 Å². The van der Waals surface area contributed by atoms with Gasteiger partial charge in [-0.05, 0) is 31.2 Å². The maximum absolute atomic E-state index is 11.0. The van der Waals surface area contributed by atoms with Gasteiger partial charge in [-0.25, -0.2) is 0 Å². The standard InChI is InChI=1S/C27H32O14/c1-10-19(32)21(34)23(36)26(37-10)41-25-22(35)20(33)18(9-28)40-27(25)39-17-8-14-15(31)6-13(30)7-16(14)38-24(17)11-2-4-12(29)5-3-11/h2-8,10,18-36H,9H2,1H3/p+1. The minimum absolute atomic E-state index is 0.00811. The number of aliphatic hydroxyl groups is 7. The zero-order valence-electron chi connectivity index (χ0n) is 21.7. The van der Waals surface area contributed by atoms with Crippen LogP contribution in [0.3, 0.4) is 0 Å². The molecular formula is C27H33O14+. The van der Waals surface area contributed by atoms with Crippen molar-refractivity contribution in [1.82, 2.24) is 0 Å². The van der Waals surface area contributed by atoms with Crippen molar-refractivity contribution in [2.75, 3.05) is 6.61 Å². The molecule has 11 unspecified atom stereocenters. The second-order valence-electron chi connectivity index (χ2n) is 10.2. The van der Waals surface area contributed by atoms with E-state index in [1.54, 1.807) is 12.1 Å². The molecule has 2 saturated heterocycles. The molecule has 41 heavy (non-hydrogen) atoms. The van der Waals surface area contributed by atoms with E-state index in [0.717, 1.165) is 6.07 Å². The third-order valence-electron chi connectivity index (χ3n) is 7.33. The normalized spacial score (nSPS) is 37.0. The zero-order chi connectivity index (χ0) is 29.6. The molecule has 3 aliphatic heterocycles. The van der Waals surface area contributed by atoms with Crippen LogP contribution in [0, 0.1) is 0 Å². The number of hydrogen-bond donors (Lipinski definition) is 9. The molecule has 0 aliphatic carbocycles. The van der Waals surface area contributed by atoms with Gasteiger partial charge in [0.2, 0.25) is 6.29 Å². The quantitative estimate of drug-likeness (QED) is 0.183. The van der Waals surface area contributed by atoms with Gasteiger partial charge in [0.15, 0.2) is 18.2 Å². The number of aliphatic hydroxyl groups excluding tert-OH is 6. The Kier molecular flexibility index (Phi) is 8.29. The van der Waals surface area contributed by atoms with Gasteiger partial charge in [-0.3, -0.25) is 0 Å². The number of aromatic hydroxyl groups is 4. The van der Waals surface area contributed by atoms with Gasteiger partial charge in [0.1, 0.15) is 59.4 Å². The Balaban J connectivity index is 1.50. The van der Waals surface area contributed by atoms with Crippen LogP contribution in [-0.4, -0.2) is 119 Å². The first kappa shape index (κ1) is 29.3. The minimum atomic E-state index is -1.74. The summed E-state index contributed by atoms with van der Waals surface area (Å²) < 4.78 is 27.7. The average molecular weight is 582 g/mol. The van der Waals surface area contributed by atoms with Crippen molar-refractivity contribution < 1.29 is 69.6 Å². The fourth-order valence-corrected chi connectivity index (χ4v) is 4.99. The van der Waals surface area contributed by atoms with Crippen molar-refractivity contribution in [2.45, 2.75) is 74.4 Å². The summed E-state index contributed by atoms with van der Waals surface area (Å²) in [4.78, 5) is 0. The lowest BCUT2D eigenvalue weighted by Gasteiger charge is -2.46. The summed E-state index contributed by atoms with van der Waals surface area (Å²) in [6.45, 7) is 0.732. The van der Waals surface area contributed by atoms with E-state index in [4.69, 9.17) is 18.9 Å². The van der Waals surface area contributed by atoms with E-state index in [1.807, 2.05) is 0 Å². The van der Waals surface area contributed by atoms with Crippen LogP contribution in [0.5, 0.6) is 23.0 Å². The molecule has 2 aromatic rings. The van der Waals surface area contributed by atoms with Crippen LogP contribution in [0.25, 0.3) is 6.08 Å². The molecule has 11 atom stereocenters. The first-order valence-electron chi connectivity index (χ1n) is 12.9. The van der Waals surface area contributed by atoms with Crippen LogP contribution in [-0.2, 0) is 18.9 Å². The Morgan fingerprint density at radius 3 is 2.20 bits per heavy atom. The lowest BCUT2D eigenvalue weighted by molar-refractivity contribution is -0.361. The van der Waals surface area contributed by atoms with Crippen molar-refractivity contribution in [3.8, 4) is 23.0 Å². The average Bonchev–Trinajstić information content (AvgIpc) is 2.94. The molecular weight excluding hydrogens is 548 g/mol. The van der Waals surface area contributed by atoms with Crippen molar-refractivity contribution in [2.24, 2.45) is 0 Å². The van der Waals surface area contributed by atoms with Crippen LogP contribution in [0.1, 0.15) is 24.2 Å². The van der Waals surface area contributed by atoms with Gasteiger partial charge in [0.25, 0.3) is 11.9 Å². The fourth-order valence-electron chi connectivity index (χ4n) is 4.99. The molecule has 5 rings (SSSR count). The molecule has 14 heteroatoms. The highest BCUT2D eigenvalue weighted by atomic mass is 16.8. The van der Waals surface area contributed by atoms with Gasteiger partial charge in [-0.2, -0.15) is 0 Å². The van der Waals surface area contributed by atoms with Crippen LogP contribution >= 0.6 is 0 Å². The number of phenols is 3. The second-order valence-corrected chi connectivity index (χ2v) is 10.2. The molecule has 0 aromatic heterocycles. The Hall–Kier alpha value is -3.18. The molecule has 3 aliphatic rings.